The molecule has 0 aliphatic carbocycles. The fourth-order valence-corrected chi connectivity index (χ4v) is 3.12. The van der Waals surface area contributed by atoms with Crippen molar-refractivity contribution >= 4 is 31.9 Å². The minimum Gasteiger partial charge on any atom is -0.313 e. The Morgan fingerprint density at radius 3 is 2.29 bits per heavy atom. The second-order valence-corrected chi connectivity index (χ2v) is 6.90. The van der Waals surface area contributed by atoms with Crippen LogP contribution in [0.25, 0.3) is 0 Å². The molecule has 0 aromatic heterocycles. The van der Waals surface area contributed by atoms with Crippen LogP contribution < -0.4 is 5.32 Å². The van der Waals surface area contributed by atoms with Gasteiger partial charge in [-0.25, -0.2) is 4.39 Å². The van der Waals surface area contributed by atoms with E-state index in [0.717, 1.165) is 20.9 Å². The zero-order valence-electron chi connectivity index (χ0n) is 12.3. The standard InChI is InChI=1S/C17H18Br2FN/c1-10-6-13(7-11(2)17(10)19)16(21-3)9-12-8-14(20)4-5-15(12)18/h4-8,16,21H,9H2,1-3H3. The van der Waals surface area contributed by atoms with Gasteiger partial charge >= 0.3 is 0 Å². The van der Waals surface area contributed by atoms with Crippen molar-refractivity contribution in [3.05, 3.63) is 67.3 Å². The monoisotopic (exact) mass is 413 g/mol. The maximum atomic E-state index is 13.4. The first-order chi connectivity index (χ1) is 9.92. The first-order valence-corrected chi connectivity index (χ1v) is 8.38. The molecule has 0 saturated heterocycles. The lowest BCUT2D eigenvalue weighted by molar-refractivity contribution is 0.582. The zero-order chi connectivity index (χ0) is 15.6. The minimum absolute atomic E-state index is 0.147. The van der Waals surface area contributed by atoms with Crippen LogP contribution in [0.2, 0.25) is 0 Å². The van der Waals surface area contributed by atoms with E-state index in [9.17, 15) is 4.39 Å². The summed E-state index contributed by atoms with van der Waals surface area (Å²) in [5.41, 5.74) is 4.60. The smallest absolute Gasteiger partial charge is 0.123 e. The van der Waals surface area contributed by atoms with E-state index in [1.54, 1.807) is 12.1 Å². The van der Waals surface area contributed by atoms with Crippen LogP contribution in [-0.4, -0.2) is 7.05 Å². The van der Waals surface area contributed by atoms with Gasteiger partial charge in [-0.3, -0.25) is 0 Å². The molecule has 0 heterocycles. The van der Waals surface area contributed by atoms with E-state index >= 15 is 0 Å². The molecule has 0 spiro atoms. The van der Waals surface area contributed by atoms with E-state index in [1.165, 1.54) is 22.8 Å². The fourth-order valence-electron chi connectivity index (χ4n) is 2.49. The molecule has 2 rings (SSSR count). The summed E-state index contributed by atoms with van der Waals surface area (Å²) in [5, 5.41) is 3.33. The maximum absolute atomic E-state index is 13.4. The number of hydrogen-bond donors (Lipinski definition) is 1. The molecule has 0 fully saturated rings. The first-order valence-electron chi connectivity index (χ1n) is 6.80. The fraction of sp³-hybridized carbons (Fsp3) is 0.294. The van der Waals surface area contributed by atoms with E-state index < -0.39 is 0 Å². The van der Waals surface area contributed by atoms with Crippen molar-refractivity contribution in [3.8, 4) is 0 Å². The molecular formula is C17H18Br2FN. The van der Waals surface area contributed by atoms with Crippen molar-refractivity contribution in [1.29, 1.82) is 0 Å². The zero-order valence-corrected chi connectivity index (χ0v) is 15.5. The first kappa shape index (κ1) is 16.7. The molecule has 2 aromatic carbocycles. The summed E-state index contributed by atoms with van der Waals surface area (Å²) in [4.78, 5) is 0. The third-order valence-corrected chi connectivity index (χ3v) is 5.67. The minimum atomic E-state index is -0.203. The number of nitrogens with one attached hydrogen (secondary N) is 1. The van der Waals surface area contributed by atoms with Crippen molar-refractivity contribution in [2.45, 2.75) is 26.3 Å². The highest BCUT2D eigenvalue weighted by Gasteiger charge is 2.14. The Bertz CT molecular complexity index is 632. The van der Waals surface area contributed by atoms with E-state index in [0.29, 0.717) is 0 Å². The van der Waals surface area contributed by atoms with Crippen LogP contribution in [0.1, 0.15) is 28.3 Å². The molecule has 21 heavy (non-hydrogen) atoms. The number of benzene rings is 2. The van der Waals surface area contributed by atoms with Gasteiger partial charge < -0.3 is 5.32 Å². The third-order valence-electron chi connectivity index (χ3n) is 3.64. The summed E-state index contributed by atoms with van der Waals surface area (Å²) < 4.78 is 15.5. The topological polar surface area (TPSA) is 12.0 Å². The lowest BCUT2D eigenvalue weighted by Gasteiger charge is -2.19. The Morgan fingerprint density at radius 2 is 1.71 bits per heavy atom. The van der Waals surface area contributed by atoms with Crippen molar-refractivity contribution < 1.29 is 4.39 Å². The summed E-state index contributed by atoms with van der Waals surface area (Å²) in [5.74, 6) is -0.203. The van der Waals surface area contributed by atoms with Gasteiger partial charge in [-0.05, 0) is 67.8 Å². The Kier molecular flexibility index (Phi) is 5.58. The lowest BCUT2D eigenvalue weighted by atomic mass is 9.96. The highest BCUT2D eigenvalue weighted by atomic mass is 79.9. The van der Waals surface area contributed by atoms with Crippen molar-refractivity contribution in [1.82, 2.24) is 5.32 Å². The number of aryl methyl sites for hydroxylation is 2. The van der Waals surface area contributed by atoms with Gasteiger partial charge in [0, 0.05) is 15.0 Å². The third kappa shape index (κ3) is 3.93. The average Bonchev–Trinajstić information content (AvgIpc) is 2.45. The van der Waals surface area contributed by atoms with Crippen molar-refractivity contribution in [2.75, 3.05) is 7.05 Å². The molecule has 1 N–H and O–H groups in total. The molecule has 0 aliphatic heterocycles. The molecule has 0 radical (unpaired) electrons. The average molecular weight is 415 g/mol. The molecule has 2 aromatic rings. The molecule has 1 unspecified atom stereocenters. The van der Waals surface area contributed by atoms with Gasteiger partial charge in [0.25, 0.3) is 0 Å². The summed E-state index contributed by atoms with van der Waals surface area (Å²) in [6.45, 7) is 4.18. The molecular weight excluding hydrogens is 397 g/mol. The predicted octanol–water partition coefficient (Wildman–Crippen LogP) is 5.47. The Balaban J connectivity index is 2.34. The summed E-state index contributed by atoms with van der Waals surface area (Å²) in [6.07, 6.45) is 0.732. The van der Waals surface area contributed by atoms with Crippen LogP contribution in [0, 0.1) is 19.7 Å². The van der Waals surface area contributed by atoms with E-state index in [-0.39, 0.29) is 11.9 Å². The molecule has 4 heteroatoms. The van der Waals surface area contributed by atoms with Gasteiger partial charge in [0.1, 0.15) is 5.82 Å². The molecule has 1 nitrogen and oxygen atoms in total. The second kappa shape index (κ2) is 7.03. The highest BCUT2D eigenvalue weighted by molar-refractivity contribution is 9.10. The van der Waals surface area contributed by atoms with Crippen LogP contribution in [0.4, 0.5) is 4.39 Å². The number of hydrogen-bond acceptors (Lipinski definition) is 1. The van der Waals surface area contributed by atoms with Crippen LogP contribution in [-0.2, 0) is 6.42 Å². The lowest BCUT2D eigenvalue weighted by Crippen LogP contribution is -2.19. The summed E-state index contributed by atoms with van der Waals surface area (Å²) in [7, 11) is 1.94. The van der Waals surface area contributed by atoms with Gasteiger partial charge in [-0.1, -0.05) is 44.0 Å². The summed E-state index contributed by atoms with van der Waals surface area (Å²) >= 11 is 7.09. The Labute approximate surface area is 142 Å². The Hall–Kier alpha value is -0.710. The van der Waals surface area contributed by atoms with E-state index in [4.69, 9.17) is 0 Å². The molecule has 0 amide bonds. The van der Waals surface area contributed by atoms with Gasteiger partial charge in [-0.15, -0.1) is 0 Å². The second-order valence-electron chi connectivity index (χ2n) is 5.25. The molecule has 0 saturated carbocycles. The van der Waals surface area contributed by atoms with Crippen LogP contribution >= 0.6 is 31.9 Å². The number of rotatable bonds is 4. The SMILES string of the molecule is CNC(Cc1cc(F)ccc1Br)c1cc(C)c(Br)c(C)c1. The largest absolute Gasteiger partial charge is 0.313 e. The summed E-state index contributed by atoms with van der Waals surface area (Å²) in [6, 6.07) is 9.31. The van der Waals surface area contributed by atoms with Gasteiger partial charge in [0.15, 0.2) is 0 Å². The Morgan fingerprint density at radius 1 is 1.10 bits per heavy atom. The van der Waals surface area contributed by atoms with Crippen LogP contribution in [0.15, 0.2) is 39.3 Å². The molecule has 1 atom stereocenters. The van der Waals surface area contributed by atoms with Crippen molar-refractivity contribution in [2.24, 2.45) is 0 Å². The van der Waals surface area contributed by atoms with Gasteiger partial charge in [0.2, 0.25) is 0 Å². The predicted molar refractivity (Wildman–Crippen MR) is 93.2 cm³/mol. The maximum Gasteiger partial charge on any atom is 0.123 e. The van der Waals surface area contributed by atoms with Crippen molar-refractivity contribution in [3.63, 3.8) is 0 Å². The van der Waals surface area contributed by atoms with E-state index in [1.807, 2.05) is 7.05 Å². The molecule has 112 valence electrons. The van der Waals surface area contributed by atoms with Crippen LogP contribution in [0.5, 0.6) is 0 Å². The molecule has 0 bridgehead atoms. The highest BCUT2D eigenvalue weighted by Crippen LogP contribution is 2.29. The number of halogens is 3. The van der Waals surface area contributed by atoms with Crippen LogP contribution in [0.3, 0.4) is 0 Å². The molecule has 0 aliphatic rings. The number of likely N-dealkylation sites (N-methyl/N-ethyl adjacent to an activating group) is 1. The van der Waals surface area contributed by atoms with E-state index in [2.05, 4.69) is 63.2 Å². The normalized spacial score (nSPS) is 12.5. The van der Waals surface area contributed by atoms with Gasteiger partial charge in [-0.2, -0.15) is 0 Å². The van der Waals surface area contributed by atoms with Gasteiger partial charge in [0.05, 0.1) is 0 Å². The quantitative estimate of drug-likeness (QED) is 0.699.